The first-order chi connectivity index (χ1) is 12.4. The number of rotatable bonds is 2. The summed E-state index contributed by atoms with van der Waals surface area (Å²) in [6.45, 7) is 17.4. The SMILES string of the molecule is C/C=c1/ccnc(C2=C(C)c3ccccc3C2(C)C)/c1=C/C(C)C.CC. The summed E-state index contributed by atoms with van der Waals surface area (Å²) in [5.74, 6) is 0.486. The van der Waals surface area contributed by atoms with Gasteiger partial charge in [-0.1, -0.05) is 78.0 Å². The maximum absolute atomic E-state index is 4.84. The minimum Gasteiger partial charge on any atom is -0.256 e. The number of pyridine rings is 1. The second kappa shape index (κ2) is 8.03. The van der Waals surface area contributed by atoms with Gasteiger partial charge < -0.3 is 0 Å². The van der Waals surface area contributed by atoms with E-state index in [4.69, 9.17) is 4.98 Å². The van der Waals surface area contributed by atoms with Gasteiger partial charge in [-0.3, -0.25) is 4.98 Å². The normalized spacial score (nSPS) is 16.7. The van der Waals surface area contributed by atoms with Gasteiger partial charge in [-0.2, -0.15) is 0 Å². The van der Waals surface area contributed by atoms with Gasteiger partial charge in [0.15, 0.2) is 0 Å². The molecule has 0 amide bonds. The summed E-state index contributed by atoms with van der Waals surface area (Å²) in [5.41, 5.74) is 6.59. The molecule has 1 aliphatic rings. The number of hydrogen-bond acceptors (Lipinski definition) is 1. The van der Waals surface area contributed by atoms with Crippen molar-refractivity contribution in [2.75, 3.05) is 0 Å². The zero-order chi connectivity index (χ0) is 19.5. The maximum atomic E-state index is 4.84. The molecule has 0 radical (unpaired) electrons. The number of allylic oxidation sites excluding steroid dienone is 2. The van der Waals surface area contributed by atoms with Crippen molar-refractivity contribution >= 4 is 23.3 Å². The Morgan fingerprint density at radius 1 is 1.04 bits per heavy atom. The third-order valence-corrected chi connectivity index (χ3v) is 5.08. The van der Waals surface area contributed by atoms with Gasteiger partial charge in [-0.05, 0) is 53.3 Å². The summed E-state index contributed by atoms with van der Waals surface area (Å²) in [5, 5.41) is 2.53. The van der Waals surface area contributed by atoms with Crippen LogP contribution in [0.5, 0.6) is 0 Å². The van der Waals surface area contributed by atoms with Crippen LogP contribution in [0.25, 0.3) is 23.3 Å². The van der Waals surface area contributed by atoms with Gasteiger partial charge in [0, 0.05) is 16.8 Å². The first-order valence-corrected chi connectivity index (χ1v) is 9.82. The zero-order valence-corrected chi connectivity index (χ0v) is 17.6. The molecule has 0 bridgehead atoms. The Morgan fingerprint density at radius 2 is 1.69 bits per heavy atom. The van der Waals surface area contributed by atoms with Gasteiger partial charge in [-0.15, -0.1) is 0 Å². The van der Waals surface area contributed by atoms with Crippen LogP contribution < -0.4 is 10.4 Å². The van der Waals surface area contributed by atoms with E-state index in [-0.39, 0.29) is 5.41 Å². The van der Waals surface area contributed by atoms with Crippen molar-refractivity contribution in [2.24, 2.45) is 5.92 Å². The summed E-state index contributed by atoms with van der Waals surface area (Å²) in [6.07, 6.45) is 6.48. The molecule has 26 heavy (non-hydrogen) atoms. The maximum Gasteiger partial charge on any atom is 0.0748 e. The highest BCUT2D eigenvalue weighted by atomic mass is 14.7. The molecule has 0 fully saturated rings. The third kappa shape index (κ3) is 3.40. The lowest BCUT2D eigenvalue weighted by Gasteiger charge is -2.25. The van der Waals surface area contributed by atoms with E-state index in [0.717, 1.165) is 5.69 Å². The van der Waals surface area contributed by atoms with Crippen LogP contribution in [0.1, 0.15) is 72.2 Å². The van der Waals surface area contributed by atoms with Gasteiger partial charge in [-0.25, -0.2) is 0 Å². The zero-order valence-electron chi connectivity index (χ0n) is 17.6. The third-order valence-electron chi connectivity index (χ3n) is 5.08. The minimum atomic E-state index is -0.0282. The summed E-state index contributed by atoms with van der Waals surface area (Å²) in [6, 6.07) is 10.9. The van der Waals surface area contributed by atoms with Crippen molar-refractivity contribution < 1.29 is 0 Å². The summed E-state index contributed by atoms with van der Waals surface area (Å²) in [7, 11) is 0. The molecule has 0 atom stereocenters. The van der Waals surface area contributed by atoms with E-state index in [1.165, 1.54) is 32.7 Å². The first-order valence-electron chi connectivity index (χ1n) is 9.82. The van der Waals surface area contributed by atoms with Gasteiger partial charge in [0.1, 0.15) is 0 Å². The highest BCUT2D eigenvalue weighted by Gasteiger charge is 2.37. The number of nitrogens with zero attached hydrogens (tertiary/aromatic N) is 1. The molecule has 1 aromatic heterocycles. The Balaban J connectivity index is 0.00000117. The van der Waals surface area contributed by atoms with Gasteiger partial charge in [0.2, 0.25) is 0 Å². The van der Waals surface area contributed by atoms with E-state index in [1.807, 2.05) is 20.0 Å². The van der Waals surface area contributed by atoms with Crippen molar-refractivity contribution in [2.45, 2.75) is 60.8 Å². The molecule has 0 aliphatic heterocycles. The van der Waals surface area contributed by atoms with E-state index in [0.29, 0.717) is 5.92 Å². The summed E-state index contributed by atoms with van der Waals surface area (Å²) >= 11 is 0. The molecule has 3 rings (SSSR count). The van der Waals surface area contributed by atoms with E-state index in [9.17, 15) is 0 Å². The molecule has 2 aromatic rings. The molecule has 138 valence electrons. The summed E-state index contributed by atoms with van der Waals surface area (Å²) < 4.78 is 0. The van der Waals surface area contributed by atoms with Gasteiger partial charge in [0.05, 0.1) is 5.69 Å². The second-order valence-corrected chi connectivity index (χ2v) is 7.53. The predicted molar refractivity (Wildman–Crippen MR) is 116 cm³/mol. The van der Waals surface area contributed by atoms with Crippen LogP contribution in [0.15, 0.2) is 36.5 Å². The van der Waals surface area contributed by atoms with Crippen molar-refractivity contribution in [1.29, 1.82) is 0 Å². The molecule has 0 unspecified atom stereocenters. The van der Waals surface area contributed by atoms with Crippen LogP contribution in [-0.2, 0) is 5.41 Å². The first kappa shape index (κ1) is 20.2. The highest BCUT2D eigenvalue weighted by molar-refractivity contribution is 5.99. The number of fused-ring (bicyclic) bond motifs is 1. The molecule has 1 aromatic carbocycles. The van der Waals surface area contributed by atoms with Crippen LogP contribution >= 0.6 is 0 Å². The van der Waals surface area contributed by atoms with Crippen LogP contribution in [0.4, 0.5) is 0 Å². The second-order valence-electron chi connectivity index (χ2n) is 7.53. The topological polar surface area (TPSA) is 12.9 Å². The van der Waals surface area contributed by atoms with E-state index >= 15 is 0 Å². The molecule has 0 spiro atoms. The van der Waals surface area contributed by atoms with E-state index in [2.05, 4.69) is 84.0 Å². The monoisotopic (exact) mass is 347 g/mol. The Kier molecular flexibility index (Phi) is 6.23. The molecule has 0 saturated carbocycles. The lowest BCUT2D eigenvalue weighted by atomic mass is 9.79. The lowest BCUT2D eigenvalue weighted by Crippen LogP contribution is -2.32. The Bertz CT molecular complexity index is 927. The molecule has 1 aliphatic carbocycles. The molecule has 1 heteroatoms. The molecule has 0 N–H and O–H groups in total. The van der Waals surface area contributed by atoms with E-state index in [1.54, 1.807) is 0 Å². The molecular formula is C25H33N. The average Bonchev–Trinajstić information content (AvgIpc) is 2.83. The quantitative estimate of drug-likeness (QED) is 0.692. The molecule has 0 saturated heterocycles. The number of aromatic nitrogens is 1. The minimum absolute atomic E-state index is 0.0282. The Morgan fingerprint density at radius 3 is 2.27 bits per heavy atom. The smallest absolute Gasteiger partial charge is 0.0748 e. The fraction of sp³-hybridized carbons (Fsp3) is 0.400. The van der Waals surface area contributed by atoms with Crippen molar-refractivity contribution in [3.63, 3.8) is 0 Å². The standard InChI is InChI=1S/C23H27N.C2H6/c1-7-17-12-13-24-22(19(17)14-15(2)3)21-16(4)18-10-8-9-11-20(18)23(21,5)6;1-2/h7-15H,1-6H3;1-2H3/b17-7-,19-14+;. The lowest BCUT2D eigenvalue weighted by molar-refractivity contribution is 0.699. The molecular weight excluding hydrogens is 314 g/mol. The molecule has 1 nitrogen and oxygen atoms in total. The van der Waals surface area contributed by atoms with Gasteiger partial charge in [0.25, 0.3) is 0 Å². The van der Waals surface area contributed by atoms with Crippen molar-refractivity contribution in [3.05, 3.63) is 63.8 Å². The predicted octanol–water partition coefficient (Wildman–Crippen LogP) is 5.57. The van der Waals surface area contributed by atoms with Crippen molar-refractivity contribution in [3.8, 4) is 0 Å². The summed E-state index contributed by atoms with van der Waals surface area (Å²) in [4.78, 5) is 4.84. The Labute approximate surface area is 159 Å². The fourth-order valence-corrected chi connectivity index (χ4v) is 4.01. The van der Waals surface area contributed by atoms with Crippen molar-refractivity contribution in [1.82, 2.24) is 4.98 Å². The largest absolute Gasteiger partial charge is 0.256 e. The fourth-order valence-electron chi connectivity index (χ4n) is 4.01. The van der Waals surface area contributed by atoms with Crippen LogP contribution in [0.2, 0.25) is 0 Å². The number of hydrogen-bond donors (Lipinski definition) is 0. The van der Waals surface area contributed by atoms with Crippen LogP contribution in [-0.4, -0.2) is 4.98 Å². The number of benzene rings is 1. The Hall–Kier alpha value is -2.15. The highest BCUT2D eigenvalue weighted by Crippen LogP contribution is 2.49. The molecule has 1 heterocycles. The van der Waals surface area contributed by atoms with Crippen LogP contribution in [0.3, 0.4) is 0 Å². The van der Waals surface area contributed by atoms with Crippen LogP contribution in [0, 0.1) is 5.92 Å². The average molecular weight is 348 g/mol. The van der Waals surface area contributed by atoms with E-state index < -0.39 is 0 Å². The van der Waals surface area contributed by atoms with Gasteiger partial charge >= 0.3 is 0 Å².